The minimum Gasteiger partial charge on any atom is -0.502 e. The lowest BCUT2D eigenvalue weighted by atomic mass is 10.2. The van der Waals surface area contributed by atoms with E-state index < -0.39 is 22.3 Å². The third-order valence-corrected chi connectivity index (χ3v) is 2.90. The van der Waals surface area contributed by atoms with Crippen LogP contribution in [-0.4, -0.2) is 32.1 Å². The monoisotopic (exact) mass is 365 g/mol. The number of aromatic hydroxyl groups is 1. The van der Waals surface area contributed by atoms with Crippen molar-refractivity contribution in [3.05, 3.63) is 56.6 Å². The standard InChI is InChI=1S/C12H8BrN5O4/c13-8-3-7(11(19)10(4-8)18(21)22)5-16-17-12(20)9-6-14-1-2-15-9/h1-6,19H,(H,17,20). The van der Waals surface area contributed by atoms with Crippen LogP contribution in [0.1, 0.15) is 16.1 Å². The van der Waals surface area contributed by atoms with Crippen molar-refractivity contribution in [2.75, 3.05) is 0 Å². The number of nitrogens with zero attached hydrogens (tertiary/aromatic N) is 4. The predicted molar refractivity (Wildman–Crippen MR) is 79.6 cm³/mol. The van der Waals surface area contributed by atoms with Gasteiger partial charge in [0, 0.05) is 28.5 Å². The van der Waals surface area contributed by atoms with E-state index in [1.165, 1.54) is 24.7 Å². The number of carbonyl (C=O) groups excluding carboxylic acids is 1. The Morgan fingerprint density at radius 1 is 1.45 bits per heavy atom. The van der Waals surface area contributed by atoms with Gasteiger partial charge in [-0.1, -0.05) is 15.9 Å². The van der Waals surface area contributed by atoms with Gasteiger partial charge in [0.05, 0.1) is 17.3 Å². The molecule has 9 nitrogen and oxygen atoms in total. The molecule has 0 radical (unpaired) electrons. The molecule has 0 saturated heterocycles. The zero-order valence-corrected chi connectivity index (χ0v) is 12.4. The smallest absolute Gasteiger partial charge is 0.312 e. The number of rotatable bonds is 4. The molecule has 2 aromatic rings. The number of nitrogens with one attached hydrogen (secondary N) is 1. The highest BCUT2D eigenvalue weighted by atomic mass is 79.9. The van der Waals surface area contributed by atoms with E-state index in [0.717, 1.165) is 12.3 Å². The number of hydrazone groups is 1. The van der Waals surface area contributed by atoms with Crippen LogP contribution in [0.4, 0.5) is 5.69 Å². The van der Waals surface area contributed by atoms with Crippen molar-refractivity contribution in [1.29, 1.82) is 0 Å². The van der Waals surface area contributed by atoms with Crippen LogP contribution in [-0.2, 0) is 0 Å². The summed E-state index contributed by atoms with van der Waals surface area (Å²) in [5, 5.41) is 24.2. The van der Waals surface area contributed by atoms with E-state index in [0.29, 0.717) is 4.47 Å². The minimum absolute atomic E-state index is 0.0593. The van der Waals surface area contributed by atoms with Crippen molar-refractivity contribution >= 4 is 33.7 Å². The predicted octanol–water partition coefficient (Wildman–Crippen LogP) is 1.62. The number of phenolic OH excluding ortho intramolecular Hbond substituents is 1. The quantitative estimate of drug-likeness (QED) is 0.480. The molecule has 0 aliphatic carbocycles. The Hall–Kier alpha value is -2.88. The Morgan fingerprint density at radius 3 is 2.86 bits per heavy atom. The Bertz CT molecular complexity index is 751. The van der Waals surface area contributed by atoms with E-state index in [1.807, 2.05) is 0 Å². The molecule has 0 fully saturated rings. The number of carbonyl (C=O) groups is 1. The minimum atomic E-state index is -0.727. The molecular weight excluding hydrogens is 358 g/mol. The molecule has 1 aromatic heterocycles. The molecule has 1 amide bonds. The molecule has 0 aliphatic heterocycles. The largest absolute Gasteiger partial charge is 0.502 e. The summed E-state index contributed by atoms with van der Waals surface area (Å²) in [6.07, 6.45) is 5.11. The number of nitro benzene ring substituents is 1. The molecule has 1 aromatic carbocycles. The zero-order chi connectivity index (χ0) is 16.1. The molecule has 1 heterocycles. The first-order valence-corrected chi connectivity index (χ1v) is 6.54. The number of hydrogen-bond donors (Lipinski definition) is 2. The highest BCUT2D eigenvalue weighted by Gasteiger charge is 2.17. The maximum Gasteiger partial charge on any atom is 0.312 e. The molecule has 0 atom stereocenters. The fourth-order valence-electron chi connectivity index (χ4n) is 1.48. The summed E-state index contributed by atoms with van der Waals surface area (Å²) >= 11 is 3.09. The van der Waals surface area contributed by atoms with E-state index in [1.54, 1.807) is 0 Å². The van der Waals surface area contributed by atoms with Crippen molar-refractivity contribution in [3.63, 3.8) is 0 Å². The van der Waals surface area contributed by atoms with Gasteiger partial charge in [0.25, 0.3) is 5.91 Å². The van der Waals surface area contributed by atoms with Crippen molar-refractivity contribution < 1.29 is 14.8 Å². The fraction of sp³-hybridized carbons (Fsp3) is 0. The molecular formula is C12H8BrN5O4. The number of nitro groups is 1. The highest BCUT2D eigenvalue weighted by Crippen LogP contribution is 2.32. The second-order valence-corrected chi connectivity index (χ2v) is 4.83. The van der Waals surface area contributed by atoms with E-state index in [2.05, 4.69) is 36.4 Å². The van der Waals surface area contributed by atoms with E-state index in [-0.39, 0.29) is 11.3 Å². The molecule has 0 aliphatic rings. The second kappa shape index (κ2) is 6.72. The Balaban J connectivity index is 2.17. The summed E-state index contributed by atoms with van der Waals surface area (Å²) in [5.41, 5.74) is 1.83. The lowest BCUT2D eigenvalue weighted by Crippen LogP contribution is -2.19. The van der Waals surface area contributed by atoms with Crippen LogP contribution >= 0.6 is 15.9 Å². The molecule has 22 heavy (non-hydrogen) atoms. The van der Waals surface area contributed by atoms with Gasteiger partial charge in [0.1, 0.15) is 5.69 Å². The van der Waals surface area contributed by atoms with Gasteiger partial charge in [-0.15, -0.1) is 0 Å². The summed E-state index contributed by atoms with van der Waals surface area (Å²) < 4.78 is 0.388. The molecule has 0 bridgehead atoms. The van der Waals surface area contributed by atoms with Gasteiger partial charge in [0.2, 0.25) is 5.75 Å². The van der Waals surface area contributed by atoms with E-state index >= 15 is 0 Å². The first kappa shape index (κ1) is 15.5. The third kappa shape index (κ3) is 3.61. The maximum atomic E-state index is 11.7. The van der Waals surface area contributed by atoms with E-state index in [9.17, 15) is 20.0 Å². The van der Waals surface area contributed by atoms with Crippen LogP contribution in [0, 0.1) is 10.1 Å². The lowest BCUT2D eigenvalue weighted by molar-refractivity contribution is -0.385. The summed E-state index contributed by atoms with van der Waals surface area (Å²) in [4.78, 5) is 29.2. The van der Waals surface area contributed by atoms with Crippen molar-refractivity contribution in [2.45, 2.75) is 0 Å². The number of aromatic nitrogens is 2. The highest BCUT2D eigenvalue weighted by molar-refractivity contribution is 9.10. The topological polar surface area (TPSA) is 131 Å². The summed E-state index contributed by atoms with van der Waals surface area (Å²) in [7, 11) is 0. The van der Waals surface area contributed by atoms with Crippen LogP contribution < -0.4 is 5.43 Å². The van der Waals surface area contributed by atoms with Gasteiger partial charge in [-0.2, -0.15) is 5.10 Å². The molecule has 2 N–H and O–H groups in total. The van der Waals surface area contributed by atoms with Crippen LogP contribution in [0.5, 0.6) is 5.75 Å². The Kier molecular flexibility index (Phi) is 4.73. The van der Waals surface area contributed by atoms with Gasteiger partial charge in [-0.3, -0.25) is 19.9 Å². The van der Waals surface area contributed by atoms with Crippen LogP contribution in [0.25, 0.3) is 0 Å². The first-order chi connectivity index (χ1) is 10.5. The van der Waals surface area contributed by atoms with Crippen molar-refractivity contribution in [2.24, 2.45) is 5.10 Å². The number of phenols is 1. The van der Waals surface area contributed by atoms with Gasteiger partial charge in [-0.25, -0.2) is 10.4 Å². The molecule has 112 valence electrons. The van der Waals surface area contributed by atoms with Crippen molar-refractivity contribution in [3.8, 4) is 5.75 Å². The molecule has 0 unspecified atom stereocenters. The number of halogens is 1. The number of amides is 1. The summed E-state index contributed by atoms with van der Waals surface area (Å²) in [6, 6.07) is 2.57. The Morgan fingerprint density at radius 2 is 2.23 bits per heavy atom. The van der Waals surface area contributed by atoms with Crippen LogP contribution in [0.2, 0.25) is 0 Å². The van der Waals surface area contributed by atoms with Crippen LogP contribution in [0.15, 0.2) is 40.3 Å². The normalized spacial score (nSPS) is 10.6. The zero-order valence-electron chi connectivity index (χ0n) is 10.8. The van der Waals surface area contributed by atoms with Gasteiger partial charge in [-0.05, 0) is 6.07 Å². The molecule has 0 saturated carbocycles. The third-order valence-electron chi connectivity index (χ3n) is 2.45. The SMILES string of the molecule is O=C(NN=Cc1cc(Br)cc([N+](=O)[O-])c1O)c1cnccn1. The van der Waals surface area contributed by atoms with Crippen molar-refractivity contribution in [1.82, 2.24) is 15.4 Å². The lowest BCUT2D eigenvalue weighted by Gasteiger charge is -2.02. The van der Waals surface area contributed by atoms with Crippen LogP contribution in [0.3, 0.4) is 0 Å². The van der Waals surface area contributed by atoms with Gasteiger partial charge >= 0.3 is 5.69 Å². The fourth-order valence-corrected chi connectivity index (χ4v) is 1.94. The van der Waals surface area contributed by atoms with Gasteiger partial charge in [0.15, 0.2) is 0 Å². The van der Waals surface area contributed by atoms with Gasteiger partial charge < -0.3 is 5.11 Å². The Labute approximate surface area is 132 Å². The molecule has 10 heteroatoms. The number of benzene rings is 1. The van der Waals surface area contributed by atoms with E-state index in [4.69, 9.17) is 0 Å². The average molecular weight is 366 g/mol. The average Bonchev–Trinajstić information content (AvgIpc) is 2.50. The summed E-state index contributed by atoms with van der Waals surface area (Å²) in [5.74, 6) is -1.15. The first-order valence-electron chi connectivity index (χ1n) is 5.75. The number of hydrogen-bond acceptors (Lipinski definition) is 7. The molecule has 0 spiro atoms. The maximum absolute atomic E-state index is 11.7. The summed E-state index contributed by atoms with van der Waals surface area (Å²) in [6.45, 7) is 0. The second-order valence-electron chi connectivity index (χ2n) is 3.91. The molecule has 2 rings (SSSR count).